The van der Waals surface area contributed by atoms with E-state index >= 15 is 0 Å². The Morgan fingerprint density at radius 3 is 2.92 bits per heavy atom. The fourth-order valence-corrected chi connectivity index (χ4v) is 4.53. The van der Waals surface area contributed by atoms with Crippen molar-refractivity contribution in [1.29, 1.82) is 5.26 Å². The summed E-state index contributed by atoms with van der Waals surface area (Å²) in [6.07, 6.45) is 2.89. The van der Waals surface area contributed by atoms with Crippen LogP contribution in [0.5, 0.6) is 0 Å². The smallest absolute Gasteiger partial charge is 0.260 e. The van der Waals surface area contributed by atoms with Crippen molar-refractivity contribution in [2.45, 2.75) is 26.2 Å². The number of carbonyl (C=O) groups excluding carboxylic acids is 1. The van der Waals surface area contributed by atoms with E-state index in [0.717, 1.165) is 24.8 Å². The van der Waals surface area contributed by atoms with Crippen molar-refractivity contribution in [2.75, 3.05) is 5.32 Å². The number of rotatable bonds is 2. The van der Waals surface area contributed by atoms with Crippen LogP contribution in [0.2, 0.25) is 0 Å². The van der Waals surface area contributed by atoms with Gasteiger partial charge in [0.25, 0.3) is 5.91 Å². The minimum absolute atomic E-state index is 0.0522. The van der Waals surface area contributed by atoms with E-state index in [4.69, 9.17) is 12.2 Å². The van der Waals surface area contributed by atoms with Gasteiger partial charge in [0.05, 0.1) is 11.1 Å². The number of halogens is 1. The van der Waals surface area contributed by atoms with Crippen molar-refractivity contribution in [1.82, 2.24) is 5.32 Å². The summed E-state index contributed by atoms with van der Waals surface area (Å²) in [5.41, 5.74) is 1.59. The Labute approximate surface area is 154 Å². The van der Waals surface area contributed by atoms with Gasteiger partial charge in [0, 0.05) is 4.88 Å². The highest BCUT2D eigenvalue weighted by atomic mass is 32.1. The molecular weight excluding hydrogens is 357 g/mol. The Kier molecular flexibility index (Phi) is 5.11. The van der Waals surface area contributed by atoms with Gasteiger partial charge in [-0.25, -0.2) is 4.39 Å². The summed E-state index contributed by atoms with van der Waals surface area (Å²) < 4.78 is 13.7. The predicted octanol–water partition coefficient (Wildman–Crippen LogP) is 4.01. The highest BCUT2D eigenvalue weighted by Gasteiger charge is 2.24. The number of carbonyl (C=O) groups is 1. The van der Waals surface area contributed by atoms with Crippen LogP contribution in [0, 0.1) is 23.1 Å². The van der Waals surface area contributed by atoms with E-state index in [1.54, 1.807) is 6.07 Å². The molecule has 0 fully saturated rings. The van der Waals surface area contributed by atoms with E-state index in [1.165, 1.54) is 34.4 Å². The lowest BCUT2D eigenvalue weighted by atomic mass is 9.89. The number of amides is 1. The van der Waals surface area contributed by atoms with Gasteiger partial charge in [-0.2, -0.15) is 5.26 Å². The molecule has 0 saturated carbocycles. The van der Waals surface area contributed by atoms with E-state index in [2.05, 4.69) is 23.6 Å². The summed E-state index contributed by atoms with van der Waals surface area (Å²) in [5, 5.41) is 15.6. The summed E-state index contributed by atoms with van der Waals surface area (Å²) in [6, 6.07) is 7.93. The molecule has 4 nitrogen and oxygen atoms in total. The number of nitrogens with one attached hydrogen (secondary N) is 2. The molecule has 0 radical (unpaired) electrons. The van der Waals surface area contributed by atoms with Gasteiger partial charge in [0.2, 0.25) is 0 Å². The zero-order valence-electron chi connectivity index (χ0n) is 13.6. The van der Waals surface area contributed by atoms with E-state index < -0.39 is 11.7 Å². The zero-order chi connectivity index (χ0) is 18.0. The third kappa shape index (κ3) is 3.70. The predicted molar refractivity (Wildman–Crippen MR) is 100 cm³/mol. The quantitative estimate of drug-likeness (QED) is 0.781. The monoisotopic (exact) mass is 373 g/mol. The van der Waals surface area contributed by atoms with Gasteiger partial charge < -0.3 is 5.32 Å². The number of thiophene rings is 1. The van der Waals surface area contributed by atoms with Crippen molar-refractivity contribution in [3.8, 4) is 6.07 Å². The first kappa shape index (κ1) is 17.5. The van der Waals surface area contributed by atoms with Crippen LogP contribution in [-0.4, -0.2) is 11.0 Å². The molecule has 2 aromatic rings. The summed E-state index contributed by atoms with van der Waals surface area (Å²) in [7, 11) is 0. The molecule has 7 heteroatoms. The standard InChI is InChI=1S/C18H16FN3OS2/c1-10-6-7-11-13(9-20)17(25-15(11)8-10)22-18(24)21-16(23)12-4-2-3-5-14(12)19/h2-5,10H,6-8H2,1H3,(H2,21,22,23,24)/t10-/m0/s1. The summed E-state index contributed by atoms with van der Waals surface area (Å²) in [5.74, 6) is -0.636. The Morgan fingerprint density at radius 2 is 2.20 bits per heavy atom. The van der Waals surface area contributed by atoms with Crippen molar-refractivity contribution in [3.63, 3.8) is 0 Å². The molecule has 1 aromatic carbocycles. The average Bonchev–Trinajstić information content (AvgIpc) is 2.90. The summed E-state index contributed by atoms with van der Waals surface area (Å²) in [6.45, 7) is 2.20. The summed E-state index contributed by atoms with van der Waals surface area (Å²) >= 11 is 6.66. The number of benzene rings is 1. The largest absolute Gasteiger partial charge is 0.323 e. The minimum Gasteiger partial charge on any atom is -0.323 e. The maximum absolute atomic E-state index is 13.7. The number of thiocarbonyl (C=S) groups is 1. The molecular formula is C18H16FN3OS2. The molecule has 128 valence electrons. The fourth-order valence-electron chi connectivity index (χ4n) is 2.91. The number of nitriles is 1. The number of anilines is 1. The topological polar surface area (TPSA) is 64.9 Å². The van der Waals surface area contributed by atoms with E-state index in [-0.39, 0.29) is 10.7 Å². The molecule has 1 aliphatic carbocycles. The molecule has 1 heterocycles. The second-order valence-electron chi connectivity index (χ2n) is 6.06. The highest BCUT2D eigenvalue weighted by Crippen LogP contribution is 2.39. The molecule has 0 unspecified atom stereocenters. The van der Waals surface area contributed by atoms with Crippen molar-refractivity contribution in [3.05, 3.63) is 51.7 Å². The van der Waals surface area contributed by atoms with Gasteiger partial charge in [-0.1, -0.05) is 19.1 Å². The van der Waals surface area contributed by atoms with Crippen LogP contribution in [0.1, 0.15) is 39.7 Å². The molecule has 0 aliphatic heterocycles. The Hall–Kier alpha value is -2.30. The van der Waals surface area contributed by atoms with Crippen molar-refractivity contribution < 1.29 is 9.18 Å². The molecule has 0 bridgehead atoms. The molecule has 0 saturated heterocycles. The van der Waals surface area contributed by atoms with E-state index in [0.29, 0.717) is 16.5 Å². The fraction of sp³-hybridized carbons (Fsp3) is 0.278. The maximum Gasteiger partial charge on any atom is 0.260 e. The second kappa shape index (κ2) is 7.30. The Morgan fingerprint density at radius 1 is 1.44 bits per heavy atom. The Bertz CT molecular complexity index is 885. The van der Waals surface area contributed by atoms with Crippen LogP contribution in [-0.2, 0) is 12.8 Å². The van der Waals surface area contributed by atoms with Crippen molar-refractivity contribution >= 4 is 39.6 Å². The van der Waals surface area contributed by atoms with E-state index in [1.807, 2.05) is 0 Å². The molecule has 1 aromatic heterocycles. The normalized spacial score (nSPS) is 15.8. The zero-order valence-corrected chi connectivity index (χ0v) is 15.2. The number of nitrogens with zero attached hydrogens (tertiary/aromatic N) is 1. The van der Waals surface area contributed by atoms with Crippen LogP contribution >= 0.6 is 23.6 Å². The molecule has 1 atom stereocenters. The first-order valence-electron chi connectivity index (χ1n) is 7.91. The summed E-state index contributed by atoms with van der Waals surface area (Å²) in [4.78, 5) is 13.3. The first-order valence-corrected chi connectivity index (χ1v) is 9.13. The van der Waals surface area contributed by atoms with Crippen LogP contribution in [0.25, 0.3) is 0 Å². The van der Waals surface area contributed by atoms with Crippen LogP contribution < -0.4 is 10.6 Å². The van der Waals surface area contributed by atoms with Crippen LogP contribution in [0.3, 0.4) is 0 Å². The van der Waals surface area contributed by atoms with Gasteiger partial charge >= 0.3 is 0 Å². The van der Waals surface area contributed by atoms with Gasteiger partial charge in [-0.3, -0.25) is 10.1 Å². The van der Waals surface area contributed by atoms with Crippen LogP contribution in [0.15, 0.2) is 24.3 Å². The van der Waals surface area contributed by atoms with Gasteiger partial charge in [-0.05, 0) is 55.1 Å². The highest BCUT2D eigenvalue weighted by molar-refractivity contribution is 7.80. The maximum atomic E-state index is 13.7. The van der Waals surface area contributed by atoms with E-state index in [9.17, 15) is 14.4 Å². The molecule has 3 rings (SSSR count). The SMILES string of the molecule is C[C@H]1CCc2c(sc(NC(=S)NC(=O)c3ccccc3F)c2C#N)C1. The number of hydrogen-bond acceptors (Lipinski definition) is 4. The second-order valence-corrected chi connectivity index (χ2v) is 7.57. The third-order valence-corrected chi connectivity index (χ3v) is 5.57. The van der Waals surface area contributed by atoms with Gasteiger partial charge in [0.1, 0.15) is 16.9 Å². The van der Waals surface area contributed by atoms with Gasteiger partial charge in [-0.15, -0.1) is 11.3 Å². The molecule has 2 N–H and O–H groups in total. The number of hydrogen-bond donors (Lipinski definition) is 2. The lowest BCUT2D eigenvalue weighted by molar-refractivity contribution is 0.0974. The van der Waals surface area contributed by atoms with Crippen molar-refractivity contribution in [2.24, 2.45) is 5.92 Å². The molecule has 0 spiro atoms. The van der Waals surface area contributed by atoms with Gasteiger partial charge in [0.15, 0.2) is 5.11 Å². The Balaban J connectivity index is 1.75. The third-order valence-electron chi connectivity index (χ3n) is 4.20. The lowest BCUT2D eigenvalue weighted by Crippen LogP contribution is -2.34. The minimum atomic E-state index is -0.621. The molecule has 1 amide bonds. The van der Waals surface area contributed by atoms with Crippen LogP contribution in [0.4, 0.5) is 9.39 Å². The number of fused-ring (bicyclic) bond motifs is 1. The first-order chi connectivity index (χ1) is 12.0. The average molecular weight is 373 g/mol. The molecule has 25 heavy (non-hydrogen) atoms. The molecule has 1 aliphatic rings. The lowest BCUT2D eigenvalue weighted by Gasteiger charge is -2.17.